The molecule has 88 valence electrons. The quantitative estimate of drug-likeness (QED) is 0.569. The molecule has 1 aromatic rings. The Morgan fingerprint density at radius 1 is 1.38 bits per heavy atom. The third-order valence-corrected chi connectivity index (χ3v) is 2.08. The van der Waals surface area contributed by atoms with Gasteiger partial charge in [-0.1, -0.05) is 11.6 Å². The van der Waals surface area contributed by atoms with Gasteiger partial charge in [-0.25, -0.2) is 9.18 Å². The van der Waals surface area contributed by atoms with Crippen LogP contribution in [-0.4, -0.2) is 13.1 Å². The lowest BCUT2D eigenvalue weighted by Crippen LogP contribution is -2.16. The largest absolute Gasteiger partial charge is 0.465 e. The molecule has 7 heteroatoms. The van der Waals surface area contributed by atoms with Crippen molar-refractivity contribution in [2.75, 3.05) is 7.11 Å². The molecule has 0 heterocycles. The van der Waals surface area contributed by atoms with Crippen LogP contribution < -0.4 is 0 Å². The Kier molecular flexibility index (Phi) is 3.42. The standard InChI is InChI=1S/C9H5ClF4O2/c1-16-8(15)4-2-3-5(10)7(11)6(4)9(12,13)14/h2-3H,1H3. The number of hydrogen-bond acceptors (Lipinski definition) is 2. The average Bonchev–Trinajstić information content (AvgIpc) is 2.18. The number of rotatable bonds is 1. The minimum atomic E-state index is -5.02. The van der Waals surface area contributed by atoms with Crippen LogP contribution in [0.4, 0.5) is 17.6 Å². The van der Waals surface area contributed by atoms with Crippen molar-refractivity contribution in [2.45, 2.75) is 6.18 Å². The van der Waals surface area contributed by atoms with Crippen molar-refractivity contribution in [3.8, 4) is 0 Å². The highest BCUT2D eigenvalue weighted by molar-refractivity contribution is 6.31. The highest BCUT2D eigenvalue weighted by Crippen LogP contribution is 2.36. The molecule has 0 unspecified atom stereocenters. The summed E-state index contributed by atoms with van der Waals surface area (Å²) in [6, 6.07) is 1.62. The second kappa shape index (κ2) is 4.29. The summed E-state index contributed by atoms with van der Waals surface area (Å²) in [6.45, 7) is 0. The Balaban J connectivity index is 3.52. The van der Waals surface area contributed by atoms with E-state index in [1.54, 1.807) is 0 Å². The Hall–Kier alpha value is -1.30. The van der Waals surface area contributed by atoms with Gasteiger partial charge in [0.2, 0.25) is 0 Å². The molecule has 0 amide bonds. The van der Waals surface area contributed by atoms with E-state index in [0.29, 0.717) is 0 Å². The summed E-state index contributed by atoms with van der Waals surface area (Å²) in [6.07, 6.45) is -5.02. The summed E-state index contributed by atoms with van der Waals surface area (Å²) in [5.41, 5.74) is -2.62. The third kappa shape index (κ3) is 2.27. The SMILES string of the molecule is COC(=O)c1ccc(Cl)c(F)c1C(F)(F)F. The van der Waals surface area contributed by atoms with E-state index >= 15 is 0 Å². The molecule has 0 spiro atoms. The highest BCUT2D eigenvalue weighted by Gasteiger charge is 2.39. The van der Waals surface area contributed by atoms with E-state index in [4.69, 9.17) is 11.6 Å². The molecule has 0 aromatic heterocycles. The van der Waals surface area contributed by atoms with Crippen molar-refractivity contribution in [3.63, 3.8) is 0 Å². The molecule has 0 fully saturated rings. The molecule has 0 saturated carbocycles. The molecule has 0 atom stereocenters. The minimum Gasteiger partial charge on any atom is -0.465 e. The van der Waals surface area contributed by atoms with Crippen molar-refractivity contribution in [3.05, 3.63) is 34.1 Å². The lowest BCUT2D eigenvalue weighted by Gasteiger charge is -2.12. The van der Waals surface area contributed by atoms with Crippen LogP contribution in [0.1, 0.15) is 15.9 Å². The fourth-order valence-corrected chi connectivity index (χ4v) is 1.27. The predicted molar refractivity (Wildman–Crippen MR) is 47.8 cm³/mol. The zero-order valence-corrected chi connectivity index (χ0v) is 8.62. The van der Waals surface area contributed by atoms with E-state index in [1.165, 1.54) is 0 Å². The summed E-state index contributed by atoms with van der Waals surface area (Å²) in [4.78, 5) is 11.0. The average molecular weight is 257 g/mol. The Labute approximate surface area is 92.8 Å². The number of methoxy groups -OCH3 is 1. The molecule has 2 nitrogen and oxygen atoms in total. The number of alkyl halides is 3. The van der Waals surface area contributed by atoms with Crippen molar-refractivity contribution >= 4 is 17.6 Å². The topological polar surface area (TPSA) is 26.3 Å². The van der Waals surface area contributed by atoms with E-state index in [1.807, 2.05) is 0 Å². The molecule has 16 heavy (non-hydrogen) atoms. The fraction of sp³-hybridized carbons (Fsp3) is 0.222. The van der Waals surface area contributed by atoms with E-state index < -0.39 is 34.1 Å². The lowest BCUT2D eigenvalue weighted by molar-refractivity contribution is -0.140. The monoisotopic (exact) mass is 256 g/mol. The smallest absolute Gasteiger partial charge is 0.420 e. The first kappa shape index (κ1) is 12.8. The van der Waals surface area contributed by atoms with Crippen LogP contribution in [0.3, 0.4) is 0 Å². The van der Waals surface area contributed by atoms with Gasteiger partial charge in [0, 0.05) is 0 Å². The predicted octanol–water partition coefficient (Wildman–Crippen LogP) is 3.28. The Morgan fingerprint density at radius 2 is 1.94 bits per heavy atom. The van der Waals surface area contributed by atoms with Gasteiger partial charge in [0.1, 0.15) is 5.56 Å². The molecule has 0 aliphatic carbocycles. The van der Waals surface area contributed by atoms with E-state index in [-0.39, 0.29) is 0 Å². The maximum absolute atomic E-state index is 13.2. The summed E-state index contributed by atoms with van der Waals surface area (Å²) >= 11 is 5.21. The van der Waals surface area contributed by atoms with Crippen LogP contribution in [0.2, 0.25) is 5.02 Å². The van der Waals surface area contributed by atoms with Crippen molar-refractivity contribution in [1.29, 1.82) is 0 Å². The van der Waals surface area contributed by atoms with E-state index in [0.717, 1.165) is 19.2 Å². The van der Waals surface area contributed by atoms with Crippen LogP contribution in [0.5, 0.6) is 0 Å². The van der Waals surface area contributed by atoms with Gasteiger partial charge in [0.15, 0.2) is 5.82 Å². The van der Waals surface area contributed by atoms with Gasteiger partial charge in [0.05, 0.1) is 17.7 Å². The van der Waals surface area contributed by atoms with Gasteiger partial charge in [-0.05, 0) is 12.1 Å². The maximum atomic E-state index is 13.2. The van der Waals surface area contributed by atoms with Crippen LogP contribution in [0.15, 0.2) is 12.1 Å². The second-order valence-corrected chi connectivity index (χ2v) is 3.18. The molecule has 1 aromatic carbocycles. The van der Waals surface area contributed by atoms with Crippen molar-refractivity contribution < 1.29 is 27.1 Å². The normalized spacial score (nSPS) is 11.4. The van der Waals surface area contributed by atoms with E-state index in [9.17, 15) is 22.4 Å². The van der Waals surface area contributed by atoms with Crippen LogP contribution in [0.25, 0.3) is 0 Å². The Morgan fingerprint density at radius 3 is 2.38 bits per heavy atom. The van der Waals surface area contributed by atoms with Gasteiger partial charge < -0.3 is 4.74 Å². The van der Waals surface area contributed by atoms with Gasteiger partial charge in [0.25, 0.3) is 0 Å². The number of halogens is 5. The lowest BCUT2D eigenvalue weighted by atomic mass is 10.1. The summed E-state index contributed by atoms with van der Waals surface area (Å²) < 4.78 is 54.8. The number of carbonyl (C=O) groups is 1. The van der Waals surface area contributed by atoms with Crippen LogP contribution in [-0.2, 0) is 10.9 Å². The first-order chi connectivity index (χ1) is 7.29. The number of carbonyl (C=O) groups excluding carboxylic acids is 1. The molecule has 0 aliphatic rings. The fourth-order valence-electron chi connectivity index (χ4n) is 1.11. The maximum Gasteiger partial charge on any atom is 0.420 e. The number of esters is 1. The molecule has 0 aliphatic heterocycles. The first-order valence-corrected chi connectivity index (χ1v) is 4.30. The minimum absolute atomic E-state index is 0.708. The summed E-state index contributed by atoms with van der Waals surface area (Å²) in [7, 11) is 0.898. The van der Waals surface area contributed by atoms with Gasteiger partial charge in [-0.3, -0.25) is 0 Å². The number of ether oxygens (including phenoxy) is 1. The zero-order valence-electron chi connectivity index (χ0n) is 7.86. The number of benzene rings is 1. The van der Waals surface area contributed by atoms with Gasteiger partial charge >= 0.3 is 12.1 Å². The molecule has 0 bridgehead atoms. The molecule has 1 rings (SSSR count). The van der Waals surface area contributed by atoms with Gasteiger partial charge in [-0.2, -0.15) is 13.2 Å². The molecular weight excluding hydrogens is 252 g/mol. The molecule has 0 saturated heterocycles. The van der Waals surface area contributed by atoms with Crippen molar-refractivity contribution in [2.24, 2.45) is 0 Å². The summed E-state index contributed by atoms with van der Waals surface area (Å²) in [5.74, 6) is -2.96. The Bertz CT molecular complexity index is 428. The third-order valence-electron chi connectivity index (χ3n) is 1.78. The molecular formula is C9H5ClF4O2. The van der Waals surface area contributed by atoms with Gasteiger partial charge in [-0.15, -0.1) is 0 Å². The zero-order chi connectivity index (χ0) is 12.5. The van der Waals surface area contributed by atoms with Crippen LogP contribution in [0, 0.1) is 5.82 Å². The molecule has 0 N–H and O–H groups in total. The van der Waals surface area contributed by atoms with E-state index in [2.05, 4.69) is 4.74 Å². The highest BCUT2D eigenvalue weighted by atomic mass is 35.5. The second-order valence-electron chi connectivity index (χ2n) is 2.77. The molecule has 0 radical (unpaired) electrons. The first-order valence-electron chi connectivity index (χ1n) is 3.92. The number of hydrogen-bond donors (Lipinski definition) is 0. The van der Waals surface area contributed by atoms with Crippen molar-refractivity contribution in [1.82, 2.24) is 0 Å². The summed E-state index contributed by atoms with van der Waals surface area (Å²) in [5, 5.41) is -0.708. The van der Waals surface area contributed by atoms with Crippen LogP contribution >= 0.6 is 11.6 Å².